The Bertz CT molecular complexity index is 441. The zero-order chi connectivity index (χ0) is 15.3. The molecule has 0 bridgehead atoms. The highest BCUT2D eigenvalue weighted by Crippen LogP contribution is 2.43. The van der Waals surface area contributed by atoms with E-state index in [1.165, 1.54) is 37.8 Å². The maximum atomic E-state index is 6.37. The van der Waals surface area contributed by atoms with Crippen LogP contribution in [0.25, 0.3) is 0 Å². The maximum Gasteiger partial charge on any atom is 0.0438 e. The van der Waals surface area contributed by atoms with Crippen LogP contribution in [-0.2, 0) is 6.42 Å². The zero-order valence-electron chi connectivity index (χ0n) is 13.8. The zero-order valence-corrected chi connectivity index (χ0v) is 14.5. The molecule has 2 heteroatoms. The Hall–Kier alpha value is -0.530. The van der Waals surface area contributed by atoms with Crippen LogP contribution in [0.3, 0.4) is 0 Å². The van der Waals surface area contributed by atoms with Gasteiger partial charge in [0.05, 0.1) is 0 Å². The van der Waals surface area contributed by atoms with E-state index in [9.17, 15) is 0 Å². The summed E-state index contributed by atoms with van der Waals surface area (Å²) in [5.41, 5.74) is 1.80. The Kier molecular flexibility index (Phi) is 6.13. The molecule has 0 aliphatic heterocycles. The third-order valence-electron chi connectivity index (χ3n) is 4.95. The molecular weight excluding hydrogens is 278 g/mol. The lowest BCUT2D eigenvalue weighted by molar-refractivity contribution is 0.116. The van der Waals surface area contributed by atoms with Crippen LogP contribution >= 0.6 is 11.6 Å². The van der Waals surface area contributed by atoms with Crippen LogP contribution < -0.4 is 5.32 Å². The second kappa shape index (κ2) is 7.65. The summed E-state index contributed by atoms with van der Waals surface area (Å²) in [4.78, 5) is 0. The second-order valence-electron chi connectivity index (χ2n) is 7.43. The second-order valence-corrected chi connectivity index (χ2v) is 7.83. The van der Waals surface area contributed by atoms with Crippen molar-refractivity contribution in [3.05, 3.63) is 34.9 Å². The number of halogens is 1. The van der Waals surface area contributed by atoms with Crippen LogP contribution in [0.1, 0.15) is 52.0 Å². The van der Waals surface area contributed by atoms with Gasteiger partial charge < -0.3 is 5.32 Å². The van der Waals surface area contributed by atoms with Crippen LogP contribution in [0.4, 0.5) is 0 Å². The molecule has 1 aliphatic carbocycles. The molecule has 0 heterocycles. The molecule has 0 saturated heterocycles. The van der Waals surface area contributed by atoms with Gasteiger partial charge in [-0.1, -0.05) is 50.6 Å². The summed E-state index contributed by atoms with van der Waals surface area (Å²) in [6, 6.07) is 8.35. The van der Waals surface area contributed by atoms with Crippen molar-refractivity contribution in [3.8, 4) is 0 Å². The average molecular weight is 308 g/mol. The number of rotatable bonds is 6. The monoisotopic (exact) mass is 307 g/mol. The fraction of sp³-hybridized carbons (Fsp3) is 0.684. The summed E-state index contributed by atoms with van der Waals surface area (Å²) in [7, 11) is 0. The molecule has 1 aromatic carbocycles. The molecule has 1 aromatic rings. The van der Waals surface area contributed by atoms with E-state index in [1.807, 2.05) is 12.1 Å². The van der Waals surface area contributed by atoms with Gasteiger partial charge in [-0.2, -0.15) is 0 Å². The molecule has 1 saturated carbocycles. The molecule has 21 heavy (non-hydrogen) atoms. The van der Waals surface area contributed by atoms with Gasteiger partial charge in [0, 0.05) is 5.02 Å². The van der Waals surface area contributed by atoms with Crippen molar-refractivity contribution in [2.45, 2.75) is 52.9 Å². The Morgan fingerprint density at radius 3 is 2.71 bits per heavy atom. The van der Waals surface area contributed by atoms with Crippen molar-refractivity contribution < 1.29 is 0 Å². The van der Waals surface area contributed by atoms with Crippen LogP contribution in [0.2, 0.25) is 5.02 Å². The summed E-state index contributed by atoms with van der Waals surface area (Å²) < 4.78 is 0. The standard InChI is InChI=1S/C19H30ClN/c1-4-11-21-14-16-9-10-19(2,3)13-17(16)12-15-7-5-6-8-18(15)20/h5-8,16-17,21H,4,9-14H2,1-3H3. The topological polar surface area (TPSA) is 12.0 Å². The predicted octanol–water partition coefficient (Wildman–Crippen LogP) is 5.32. The lowest BCUT2D eigenvalue weighted by Gasteiger charge is -2.41. The maximum absolute atomic E-state index is 6.37. The minimum Gasteiger partial charge on any atom is -0.316 e. The smallest absolute Gasteiger partial charge is 0.0438 e. The van der Waals surface area contributed by atoms with Crippen LogP contribution in [0.15, 0.2) is 24.3 Å². The quantitative estimate of drug-likeness (QED) is 0.701. The Morgan fingerprint density at radius 2 is 2.00 bits per heavy atom. The third-order valence-corrected chi connectivity index (χ3v) is 5.32. The van der Waals surface area contributed by atoms with Gasteiger partial charge >= 0.3 is 0 Å². The van der Waals surface area contributed by atoms with Crippen LogP contribution in [0, 0.1) is 17.3 Å². The van der Waals surface area contributed by atoms with E-state index in [1.54, 1.807) is 0 Å². The molecule has 2 unspecified atom stereocenters. The fourth-order valence-corrected chi connectivity index (χ4v) is 3.92. The molecule has 0 aromatic heterocycles. The van der Waals surface area contributed by atoms with Crippen molar-refractivity contribution in [1.29, 1.82) is 0 Å². The molecule has 118 valence electrons. The average Bonchev–Trinajstić information content (AvgIpc) is 2.43. The van der Waals surface area contributed by atoms with Gasteiger partial charge in [0.15, 0.2) is 0 Å². The highest BCUT2D eigenvalue weighted by Gasteiger charge is 2.34. The molecule has 0 amide bonds. The lowest BCUT2D eigenvalue weighted by atomic mass is 9.65. The molecule has 2 atom stereocenters. The Morgan fingerprint density at radius 1 is 1.24 bits per heavy atom. The van der Waals surface area contributed by atoms with E-state index in [4.69, 9.17) is 11.6 Å². The first-order valence-corrected chi connectivity index (χ1v) is 8.84. The van der Waals surface area contributed by atoms with E-state index in [-0.39, 0.29) is 0 Å². The molecule has 2 rings (SSSR count). The minimum absolute atomic E-state index is 0.479. The number of hydrogen-bond acceptors (Lipinski definition) is 1. The molecule has 1 fully saturated rings. The lowest BCUT2D eigenvalue weighted by Crippen LogP contribution is -2.37. The van der Waals surface area contributed by atoms with Gasteiger partial charge in [0.25, 0.3) is 0 Å². The normalized spacial score (nSPS) is 25.0. The van der Waals surface area contributed by atoms with Crippen molar-refractivity contribution in [3.63, 3.8) is 0 Å². The fourth-order valence-electron chi connectivity index (χ4n) is 3.71. The van der Waals surface area contributed by atoms with Crippen molar-refractivity contribution in [2.75, 3.05) is 13.1 Å². The largest absolute Gasteiger partial charge is 0.316 e. The SMILES string of the molecule is CCCNCC1CCC(C)(C)CC1Cc1ccccc1Cl. The molecule has 1 aliphatic rings. The summed E-state index contributed by atoms with van der Waals surface area (Å²) >= 11 is 6.37. The van der Waals surface area contributed by atoms with Crippen molar-refractivity contribution in [1.82, 2.24) is 5.32 Å². The minimum atomic E-state index is 0.479. The number of hydrogen-bond donors (Lipinski definition) is 1. The van der Waals surface area contributed by atoms with Gasteiger partial charge in [0.1, 0.15) is 0 Å². The summed E-state index contributed by atoms with van der Waals surface area (Å²) in [5, 5.41) is 4.56. The Labute approximate surface area is 135 Å². The third kappa shape index (κ3) is 5.00. The molecule has 1 nitrogen and oxygen atoms in total. The van der Waals surface area contributed by atoms with E-state index in [0.717, 1.165) is 29.8 Å². The molecular formula is C19H30ClN. The molecule has 1 N–H and O–H groups in total. The van der Waals surface area contributed by atoms with Gasteiger partial charge in [0.2, 0.25) is 0 Å². The van der Waals surface area contributed by atoms with E-state index in [2.05, 4.69) is 38.2 Å². The van der Waals surface area contributed by atoms with Crippen molar-refractivity contribution >= 4 is 11.6 Å². The first kappa shape index (κ1) is 16.8. The number of nitrogens with one attached hydrogen (secondary N) is 1. The van der Waals surface area contributed by atoms with Gasteiger partial charge in [-0.3, -0.25) is 0 Å². The van der Waals surface area contributed by atoms with E-state index < -0.39 is 0 Å². The Balaban J connectivity index is 2.04. The molecule has 0 radical (unpaired) electrons. The van der Waals surface area contributed by atoms with Crippen molar-refractivity contribution in [2.24, 2.45) is 17.3 Å². The highest BCUT2D eigenvalue weighted by atomic mass is 35.5. The van der Waals surface area contributed by atoms with Crippen LogP contribution in [-0.4, -0.2) is 13.1 Å². The summed E-state index contributed by atoms with van der Waals surface area (Å²) in [6.45, 7) is 9.38. The highest BCUT2D eigenvalue weighted by molar-refractivity contribution is 6.31. The van der Waals surface area contributed by atoms with E-state index >= 15 is 0 Å². The summed E-state index contributed by atoms with van der Waals surface area (Å²) in [6.07, 6.45) is 6.36. The first-order valence-electron chi connectivity index (χ1n) is 8.46. The van der Waals surface area contributed by atoms with Crippen LogP contribution in [0.5, 0.6) is 0 Å². The van der Waals surface area contributed by atoms with E-state index in [0.29, 0.717) is 5.41 Å². The predicted molar refractivity (Wildman–Crippen MR) is 92.9 cm³/mol. The van der Waals surface area contributed by atoms with Gasteiger partial charge in [-0.25, -0.2) is 0 Å². The molecule has 0 spiro atoms. The number of benzene rings is 1. The first-order chi connectivity index (χ1) is 10.0. The van der Waals surface area contributed by atoms with Gasteiger partial charge in [-0.15, -0.1) is 0 Å². The van der Waals surface area contributed by atoms with Gasteiger partial charge in [-0.05, 0) is 74.1 Å². The summed E-state index contributed by atoms with van der Waals surface area (Å²) in [5.74, 6) is 1.54.